The summed E-state index contributed by atoms with van der Waals surface area (Å²) in [5.74, 6) is 0. The van der Waals surface area contributed by atoms with Gasteiger partial charge >= 0.3 is 0 Å². The summed E-state index contributed by atoms with van der Waals surface area (Å²) in [5, 5.41) is 7.00. The molecule has 1 nitrogen and oxygen atoms in total. The molecule has 0 heterocycles. The Morgan fingerprint density at radius 2 is 1.22 bits per heavy atom. The van der Waals surface area contributed by atoms with Crippen molar-refractivity contribution in [3.05, 3.63) is 0 Å². The zero-order valence-corrected chi connectivity index (χ0v) is 8.19. The fourth-order valence-electron chi connectivity index (χ4n) is 0. The standard InChI is InChI=1S/C2HCl5.CH4O/c3-1(4)2(5,6)7;1-2/h1H;2H,1H3. The van der Waals surface area contributed by atoms with E-state index < -0.39 is 8.63 Å². The molecule has 6 heteroatoms. The SMILES string of the molecule is CO.ClC(Cl)C(Cl)(Cl)Cl. The second kappa shape index (κ2) is 6.14. The fraction of sp³-hybridized carbons (Fsp3) is 1.00. The van der Waals surface area contributed by atoms with Gasteiger partial charge in [-0.3, -0.25) is 0 Å². The van der Waals surface area contributed by atoms with Crippen LogP contribution in [-0.4, -0.2) is 20.8 Å². The Balaban J connectivity index is 0. The van der Waals surface area contributed by atoms with Crippen LogP contribution in [0.25, 0.3) is 0 Å². The van der Waals surface area contributed by atoms with Gasteiger partial charge in [0.2, 0.25) is 3.79 Å². The molecule has 0 aromatic carbocycles. The third kappa shape index (κ3) is 9.41. The van der Waals surface area contributed by atoms with E-state index in [1.165, 1.54) is 0 Å². The van der Waals surface area contributed by atoms with Crippen LogP contribution in [0.15, 0.2) is 0 Å². The van der Waals surface area contributed by atoms with E-state index in [2.05, 4.69) is 0 Å². The molecular formula is C3H5Cl5O. The fourth-order valence-corrected chi connectivity index (χ4v) is 0. The predicted octanol–water partition coefficient (Wildman–Crippen LogP) is 2.77. The predicted molar refractivity (Wildman–Crippen MR) is 43.9 cm³/mol. The lowest BCUT2D eigenvalue weighted by molar-refractivity contribution is 0.399. The van der Waals surface area contributed by atoms with E-state index in [-0.39, 0.29) is 0 Å². The topological polar surface area (TPSA) is 20.2 Å². The van der Waals surface area contributed by atoms with Gasteiger partial charge in [0.1, 0.15) is 0 Å². The Morgan fingerprint density at radius 3 is 1.22 bits per heavy atom. The van der Waals surface area contributed by atoms with Gasteiger partial charge in [-0.05, 0) is 0 Å². The van der Waals surface area contributed by atoms with Crippen molar-refractivity contribution >= 4 is 58.0 Å². The van der Waals surface area contributed by atoms with Crippen LogP contribution in [0.1, 0.15) is 0 Å². The summed E-state index contributed by atoms with van der Waals surface area (Å²) < 4.78 is -1.55. The van der Waals surface area contributed by atoms with Crippen LogP contribution in [-0.2, 0) is 0 Å². The molecule has 0 unspecified atom stereocenters. The van der Waals surface area contributed by atoms with Gasteiger partial charge in [0.15, 0.2) is 4.84 Å². The zero-order valence-electron chi connectivity index (χ0n) is 4.41. The van der Waals surface area contributed by atoms with E-state index >= 15 is 0 Å². The molecule has 0 spiro atoms. The van der Waals surface area contributed by atoms with Crippen LogP contribution < -0.4 is 0 Å². The summed E-state index contributed by atoms with van der Waals surface area (Å²) in [6.07, 6.45) is 0. The lowest BCUT2D eigenvalue weighted by atomic mass is 10.9. The van der Waals surface area contributed by atoms with Gasteiger partial charge < -0.3 is 5.11 Å². The maximum absolute atomic E-state index is 7.00. The summed E-state index contributed by atoms with van der Waals surface area (Å²) in [6, 6.07) is 0. The summed E-state index contributed by atoms with van der Waals surface area (Å²) in [6.45, 7) is 0. The van der Waals surface area contributed by atoms with Gasteiger partial charge in [0, 0.05) is 7.11 Å². The van der Waals surface area contributed by atoms with Crippen LogP contribution >= 0.6 is 58.0 Å². The van der Waals surface area contributed by atoms with Crippen LogP contribution in [0, 0.1) is 0 Å². The minimum absolute atomic E-state index is 0.961. The number of hydrogen-bond acceptors (Lipinski definition) is 1. The molecule has 0 bridgehead atoms. The maximum Gasteiger partial charge on any atom is 0.220 e. The maximum atomic E-state index is 7.00. The van der Waals surface area contributed by atoms with Crippen LogP contribution in [0.3, 0.4) is 0 Å². The largest absolute Gasteiger partial charge is 0.400 e. The third-order valence-electron chi connectivity index (χ3n) is 0.247. The van der Waals surface area contributed by atoms with Gasteiger partial charge in [0.25, 0.3) is 0 Å². The van der Waals surface area contributed by atoms with Gasteiger partial charge in [-0.2, -0.15) is 0 Å². The molecule has 1 N–H and O–H groups in total. The highest BCUT2D eigenvalue weighted by molar-refractivity contribution is 6.73. The van der Waals surface area contributed by atoms with Gasteiger partial charge in [0.05, 0.1) is 0 Å². The molecule has 0 saturated carbocycles. The van der Waals surface area contributed by atoms with E-state index in [4.69, 9.17) is 63.1 Å². The van der Waals surface area contributed by atoms with E-state index in [0.29, 0.717) is 0 Å². The molecule has 0 radical (unpaired) electrons. The normalized spacial score (nSPS) is 10.7. The first kappa shape index (κ1) is 13.0. The second-order valence-electron chi connectivity index (χ2n) is 0.842. The number of aliphatic hydroxyl groups is 1. The van der Waals surface area contributed by atoms with Crippen molar-refractivity contribution < 1.29 is 5.11 Å². The first-order valence-electron chi connectivity index (χ1n) is 1.74. The quantitative estimate of drug-likeness (QED) is 0.639. The van der Waals surface area contributed by atoms with E-state index in [0.717, 1.165) is 7.11 Å². The molecule has 58 valence electrons. The lowest BCUT2D eigenvalue weighted by Gasteiger charge is -2.09. The van der Waals surface area contributed by atoms with E-state index in [1.54, 1.807) is 0 Å². The van der Waals surface area contributed by atoms with E-state index in [1.807, 2.05) is 0 Å². The van der Waals surface area contributed by atoms with Crippen molar-refractivity contribution in [3.63, 3.8) is 0 Å². The molecule has 0 aromatic rings. The first-order valence-corrected chi connectivity index (χ1v) is 3.75. The van der Waals surface area contributed by atoms with Crippen molar-refractivity contribution in [1.29, 1.82) is 0 Å². The first-order chi connectivity index (χ1) is 3.94. The highest BCUT2D eigenvalue weighted by Crippen LogP contribution is 2.35. The molecule has 0 aliphatic heterocycles. The molecule has 0 aromatic heterocycles. The van der Waals surface area contributed by atoms with Gasteiger partial charge in [-0.25, -0.2) is 0 Å². The minimum atomic E-state index is -1.55. The van der Waals surface area contributed by atoms with Crippen LogP contribution in [0.2, 0.25) is 0 Å². The molecule has 0 amide bonds. The average molecular weight is 234 g/mol. The minimum Gasteiger partial charge on any atom is -0.400 e. The van der Waals surface area contributed by atoms with Crippen molar-refractivity contribution in [1.82, 2.24) is 0 Å². The summed E-state index contributed by atoms with van der Waals surface area (Å²) in [4.78, 5) is -0.961. The Kier molecular flexibility index (Phi) is 8.89. The summed E-state index contributed by atoms with van der Waals surface area (Å²) in [5.41, 5.74) is 0. The summed E-state index contributed by atoms with van der Waals surface area (Å²) >= 11 is 25.7. The second-order valence-corrected chi connectivity index (χ2v) is 4.31. The molecule has 0 rings (SSSR count). The molecule has 9 heavy (non-hydrogen) atoms. The van der Waals surface area contributed by atoms with Crippen molar-refractivity contribution in [2.24, 2.45) is 0 Å². The van der Waals surface area contributed by atoms with Crippen LogP contribution in [0.4, 0.5) is 0 Å². The third-order valence-corrected chi connectivity index (χ3v) is 2.23. The van der Waals surface area contributed by atoms with Gasteiger partial charge in [-0.1, -0.05) is 34.8 Å². The Hall–Kier alpha value is 1.41. The Morgan fingerprint density at radius 1 is 1.11 bits per heavy atom. The Labute approximate surface area is 78.8 Å². The average Bonchev–Trinajstić information content (AvgIpc) is 1.69. The highest BCUT2D eigenvalue weighted by atomic mass is 35.6. The number of rotatable bonds is 0. The highest BCUT2D eigenvalue weighted by Gasteiger charge is 2.28. The number of aliphatic hydroxyl groups excluding tert-OH is 1. The zero-order chi connectivity index (χ0) is 8.08. The molecule has 0 aliphatic carbocycles. The van der Waals surface area contributed by atoms with Crippen molar-refractivity contribution in [2.75, 3.05) is 7.11 Å². The Bertz CT molecular complexity index is 57.7. The molecule has 0 aliphatic rings. The molecule has 0 fully saturated rings. The lowest BCUT2D eigenvalue weighted by Crippen LogP contribution is -2.11. The summed E-state index contributed by atoms with van der Waals surface area (Å²) in [7, 11) is 1.00. The van der Waals surface area contributed by atoms with Crippen molar-refractivity contribution in [2.45, 2.75) is 8.63 Å². The number of alkyl halides is 5. The monoisotopic (exact) mass is 232 g/mol. The van der Waals surface area contributed by atoms with Crippen molar-refractivity contribution in [3.8, 4) is 0 Å². The van der Waals surface area contributed by atoms with Gasteiger partial charge in [-0.15, -0.1) is 23.2 Å². The molecular weight excluding hydrogens is 229 g/mol. The smallest absolute Gasteiger partial charge is 0.220 e. The molecule has 0 atom stereocenters. The van der Waals surface area contributed by atoms with Crippen LogP contribution in [0.5, 0.6) is 0 Å². The molecule has 0 saturated heterocycles. The van der Waals surface area contributed by atoms with E-state index in [9.17, 15) is 0 Å². The number of hydrogen-bond donors (Lipinski definition) is 1. The number of halogens is 5.